The Hall–Kier alpha value is -2.46. The summed E-state index contributed by atoms with van der Waals surface area (Å²) in [6.07, 6.45) is 0. The van der Waals surface area contributed by atoms with Gasteiger partial charge in [-0.1, -0.05) is 25.6 Å². The first-order valence-electron chi connectivity index (χ1n) is 8.37. The minimum absolute atomic E-state index is 0.148. The lowest BCUT2D eigenvalue weighted by atomic mass is 10.2. The third-order valence-corrected chi connectivity index (χ3v) is 4.74. The fourth-order valence-corrected chi connectivity index (χ4v) is 3.16. The van der Waals surface area contributed by atoms with E-state index in [0.717, 1.165) is 37.8 Å². The minimum atomic E-state index is -1.16. The number of nitrogens with two attached hydrogens (primary N) is 1. The zero-order valence-electron chi connectivity index (χ0n) is 15.0. The Bertz CT molecular complexity index is 871. The summed E-state index contributed by atoms with van der Waals surface area (Å²) in [5, 5.41) is 2.63. The van der Waals surface area contributed by atoms with E-state index >= 15 is 0 Å². The van der Waals surface area contributed by atoms with Crippen LogP contribution in [-0.2, 0) is 0 Å². The molecular formula is C17H21F2N5O2S. The maximum Gasteiger partial charge on any atom is 0.277 e. The van der Waals surface area contributed by atoms with Gasteiger partial charge in [0.05, 0.1) is 0 Å². The van der Waals surface area contributed by atoms with E-state index in [4.69, 9.17) is 5.73 Å². The number of aromatic amines is 1. The summed E-state index contributed by atoms with van der Waals surface area (Å²) in [5.41, 5.74) is 4.78. The average Bonchev–Trinajstić information content (AvgIpc) is 2.64. The molecule has 1 heterocycles. The summed E-state index contributed by atoms with van der Waals surface area (Å²) in [6, 6.07) is 2.66. The molecule has 27 heavy (non-hydrogen) atoms. The highest BCUT2D eigenvalue weighted by molar-refractivity contribution is 7.99. The van der Waals surface area contributed by atoms with Crippen molar-refractivity contribution < 1.29 is 13.6 Å². The summed E-state index contributed by atoms with van der Waals surface area (Å²) in [6.45, 7) is 6.82. The van der Waals surface area contributed by atoms with Crippen LogP contribution in [0.3, 0.4) is 0 Å². The van der Waals surface area contributed by atoms with Crippen LogP contribution in [0.5, 0.6) is 0 Å². The number of carbonyl (C=O) groups excluding carboxylic acids is 1. The number of thioether (sulfide) groups is 1. The molecule has 0 aliphatic rings. The molecule has 4 N–H and O–H groups in total. The maximum atomic E-state index is 13.3. The number of nitrogens with one attached hydrogen (secondary N) is 2. The second-order valence-electron chi connectivity index (χ2n) is 5.59. The van der Waals surface area contributed by atoms with Crippen molar-refractivity contribution in [1.82, 2.24) is 14.9 Å². The van der Waals surface area contributed by atoms with Gasteiger partial charge in [-0.3, -0.25) is 14.6 Å². The van der Waals surface area contributed by atoms with Gasteiger partial charge in [-0.25, -0.2) is 13.8 Å². The number of hydrogen-bond donors (Lipinski definition) is 3. The summed E-state index contributed by atoms with van der Waals surface area (Å²) in [5.74, 6) is -2.47. The van der Waals surface area contributed by atoms with E-state index in [-0.39, 0.29) is 17.1 Å². The molecule has 0 fully saturated rings. The predicted octanol–water partition coefficient (Wildman–Crippen LogP) is 2.32. The Morgan fingerprint density at radius 1 is 1.30 bits per heavy atom. The number of amides is 1. The van der Waals surface area contributed by atoms with Crippen molar-refractivity contribution >= 4 is 29.2 Å². The van der Waals surface area contributed by atoms with E-state index in [2.05, 4.69) is 34.0 Å². The minimum Gasteiger partial charge on any atom is -0.382 e. The molecule has 0 saturated carbocycles. The van der Waals surface area contributed by atoms with Gasteiger partial charge in [-0.15, -0.1) is 0 Å². The van der Waals surface area contributed by atoms with Crippen LogP contribution >= 0.6 is 11.8 Å². The van der Waals surface area contributed by atoms with Gasteiger partial charge in [0.25, 0.3) is 11.5 Å². The molecule has 0 bridgehead atoms. The third kappa shape index (κ3) is 5.51. The van der Waals surface area contributed by atoms with E-state index in [1.807, 2.05) is 0 Å². The Morgan fingerprint density at radius 3 is 2.59 bits per heavy atom. The molecule has 0 atom stereocenters. The van der Waals surface area contributed by atoms with Crippen molar-refractivity contribution in [2.45, 2.75) is 19.0 Å². The third-order valence-electron chi connectivity index (χ3n) is 3.89. The lowest BCUT2D eigenvalue weighted by Gasteiger charge is -2.17. The second-order valence-corrected chi connectivity index (χ2v) is 6.67. The van der Waals surface area contributed by atoms with Crippen molar-refractivity contribution in [3.05, 3.63) is 45.8 Å². The van der Waals surface area contributed by atoms with E-state index in [1.54, 1.807) is 0 Å². The number of carbonyl (C=O) groups is 1. The van der Waals surface area contributed by atoms with E-state index < -0.39 is 23.1 Å². The number of aromatic nitrogens is 2. The van der Waals surface area contributed by atoms with Gasteiger partial charge in [-0.2, -0.15) is 0 Å². The highest BCUT2D eigenvalue weighted by Gasteiger charge is 2.15. The molecule has 0 radical (unpaired) electrons. The number of rotatable bonds is 8. The Morgan fingerprint density at radius 2 is 2.00 bits per heavy atom. The molecule has 0 unspecified atom stereocenters. The van der Waals surface area contributed by atoms with Crippen molar-refractivity contribution in [1.29, 1.82) is 0 Å². The van der Waals surface area contributed by atoms with Crippen molar-refractivity contribution in [2.75, 3.05) is 36.4 Å². The molecule has 0 saturated heterocycles. The van der Waals surface area contributed by atoms with Crippen LogP contribution in [0.1, 0.15) is 24.2 Å². The van der Waals surface area contributed by atoms with E-state index in [9.17, 15) is 18.4 Å². The second kappa shape index (κ2) is 9.47. The monoisotopic (exact) mass is 397 g/mol. The zero-order valence-corrected chi connectivity index (χ0v) is 15.8. The molecule has 1 aromatic heterocycles. The lowest BCUT2D eigenvalue weighted by Crippen LogP contribution is -2.26. The number of benzene rings is 1. The number of halogens is 2. The summed E-state index contributed by atoms with van der Waals surface area (Å²) < 4.78 is 26.2. The predicted molar refractivity (Wildman–Crippen MR) is 102 cm³/mol. The van der Waals surface area contributed by atoms with Gasteiger partial charge in [0.2, 0.25) is 0 Å². The summed E-state index contributed by atoms with van der Waals surface area (Å²) in [7, 11) is 0. The quantitative estimate of drug-likeness (QED) is 0.467. The summed E-state index contributed by atoms with van der Waals surface area (Å²) in [4.78, 5) is 33.2. The van der Waals surface area contributed by atoms with Crippen LogP contribution < -0.4 is 16.6 Å². The largest absolute Gasteiger partial charge is 0.382 e. The van der Waals surface area contributed by atoms with Gasteiger partial charge < -0.3 is 16.0 Å². The van der Waals surface area contributed by atoms with Crippen LogP contribution in [-0.4, -0.2) is 46.2 Å². The lowest BCUT2D eigenvalue weighted by molar-refractivity contribution is 0.102. The fourth-order valence-electron chi connectivity index (χ4n) is 2.29. The van der Waals surface area contributed by atoms with Crippen molar-refractivity contribution in [3.8, 4) is 0 Å². The number of H-pyrrole nitrogens is 1. The van der Waals surface area contributed by atoms with Crippen molar-refractivity contribution in [2.24, 2.45) is 0 Å². The average molecular weight is 397 g/mol. The standard InChI is InChI=1S/C17H21F2N5O2S/c1-3-24(4-2)7-8-27-17-22-14(20)13(16(26)23-17)21-15(25)10-5-6-11(18)12(19)9-10/h5-6,9H,3-4,7-8H2,1-2H3,(H,21,25)(H3,20,22,23,26). The number of nitrogen functional groups attached to an aromatic ring is 1. The summed E-state index contributed by atoms with van der Waals surface area (Å²) >= 11 is 1.34. The van der Waals surface area contributed by atoms with Gasteiger partial charge >= 0.3 is 0 Å². The topological polar surface area (TPSA) is 104 Å². The molecule has 0 aliphatic heterocycles. The molecule has 10 heteroatoms. The maximum absolute atomic E-state index is 13.3. The van der Waals surface area contributed by atoms with Crippen molar-refractivity contribution in [3.63, 3.8) is 0 Å². The van der Waals surface area contributed by atoms with Crippen LogP contribution in [0.4, 0.5) is 20.3 Å². The number of hydrogen-bond acceptors (Lipinski definition) is 6. The van der Waals surface area contributed by atoms with Crippen LogP contribution in [0, 0.1) is 11.6 Å². The Labute approximate surface area is 159 Å². The first-order valence-corrected chi connectivity index (χ1v) is 9.35. The normalized spacial score (nSPS) is 11.0. The van der Waals surface area contributed by atoms with Gasteiger partial charge in [0.15, 0.2) is 22.6 Å². The highest BCUT2D eigenvalue weighted by Crippen LogP contribution is 2.18. The molecule has 2 rings (SSSR count). The van der Waals surface area contributed by atoms with Crippen LogP contribution in [0.2, 0.25) is 0 Å². The fraction of sp³-hybridized carbons (Fsp3) is 0.353. The molecule has 0 spiro atoms. The number of nitrogens with zero attached hydrogens (tertiary/aromatic N) is 2. The Balaban J connectivity index is 2.08. The van der Waals surface area contributed by atoms with Gasteiger partial charge in [0, 0.05) is 17.9 Å². The molecule has 7 nitrogen and oxygen atoms in total. The number of anilines is 2. The van der Waals surface area contributed by atoms with E-state index in [1.165, 1.54) is 11.8 Å². The van der Waals surface area contributed by atoms with Gasteiger partial charge in [-0.05, 0) is 31.3 Å². The van der Waals surface area contributed by atoms with Gasteiger partial charge in [0.1, 0.15) is 5.69 Å². The molecule has 0 aliphatic carbocycles. The molecule has 1 amide bonds. The molecular weight excluding hydrogens is 376 g/mol. The zero-order chi connectivity index (χ0) is 20.0. The highest BCUT2D eigenvalue weighted by atomic mass is 32.2. The SMILES string of the molecule is CCN(CC)CCSc1nc(N)c(NC(=O)c2ccc(F)c(F)c2)c(=O)[nH]1. The Kier molecular flexibility index (Phi) is 7.31. The smallest absolute Gasteiger partial charge is 0.277 e. The molecule has 146 valence electrons. The van der Waals surface area contributed by atoms with E-state index in [0.29, 0.717) is 10.9 Å². The van der Waals surface area contributed by atoms with Crippen LogP contribution in [0.25, 0.3) is 0 Å². The molecule has 1 aromatic carbocycles. The van der Waals surface area contributed by atoms with Crippen LogP contribution in [0.15, 0.2) is 28.2 Å². The first kappa shape index (κ1) is 20.8. The first-order chi connectivity index (χ1) is 12.8. The molecule has 2 aromatic rings.